The van der Waals surface area contributed by atoms with E-state index in [2.05, 4.69) is 43.7 Å². The molecule has 2 N–H and O–H groups in total. The maximum atomic E-state index is 6.26. The number of rotatable bonds is 2. The van der Waals surface area contributed by atoms with Gasteiger partial charge in [-0.05, 0) is 0 Å². The first-order chi connectivity index (χ1) is 4.96. The Morgan fingerprint density at radius 2 is 1.50 bits per heavy atom. The molecule has 0 aliphatic rings. The zero-order chi connectivity index (χ0) is 10.2. The van der Waals surface area contributed by atoms with Crippen LogP contribution < -0.4 is 3.96 Å². The van der Waals surface area contributed by atoms with E-state index in [9.17, 15) is 0 Å². The van der Waals surface area contributed by atoms with Crippen molar-refractivity contribution in [3.8, 4) is 0 Å². The summed E-state index contributed by atoms with van der Waals surface area (Å²) in [7, 11) is -1.07. The molecule has 0 saturated carbocycles. The molecule has 0 unspecified atom stereocenters. The van der Waals surface area contributed by atoms with E-state index in [0.29, 0.717) is 5.04 Å². The van der Waals surface area contributed by atoms with Crippen LogP contribution in [0.1, 0.15) is 20.8 Å². The summed E-state index contributed by atoms with van der Waals surface area (Å²) in [6.45, 7) is 12.1. The van der Waals surface area contributed by atoms with Gasteiger partial charge in [0.15, 0.2) is 0 Å². The molecule has 0 saturated heterocycles. The van der Waals surface area contributed by atoms with E-state index in [4.69, 9.17) is 3.96 Å². The van der Waals surface area contributed by atoms with Gasteiger partial charge in [-0.3, -0.25) is 0 Å². The van der Waals surface area contributed by atoms with Gasteiger partial charge < -0.3 is 0 Å². The van der Waals surface area contributed by atoms with E-state index in [0.717, 1.165) is 0 Å². The van der Waals surface area contributed by atoms with E-state index in [1.807, 2.05) is 0 Å². The van der Waals surface area contributed by atoms with Crippen molar-refractivity contribution in [2.75, 3.05) is 0 Å². The van der Waals surface area contributed by atoms with Crippen molar-refractivity contribution in [1.82, 2.24) is 0 Å². The molecule has 0 aromatic rings. The zero-order valence-electron chi connectivity index (χ0n) is 9.78. The van der Waals surface area contributed by atoms with Gasteiger partial charge in [0.1, 0.15) is 0 Å². The van der Waals surface area contributed by atoms with E-state index in [-0.39, 0.29) is 0 Å². The summed E-state index contributed by atoms with van der Waals surface area (Å²) in [6.07, 6.45) is 0. The van der Waals surface area contributed by atoms with E-state index >= 15 is 0 Å². The summed E-state index contributed by atoms with van der Waals surface area (Å²) in [4.78, 5) is 4.68. The predicted octanol–water partition coefficient (Wildman–Crippen LogP) is 3.20. The number of hydrogen-bond acceptors (Lipinski definition) is 1. The van der Waals surface area contributed by atoms with Crippen LogP contribution in [0, 0.1) is 0 Å². The van der Waals surface area contributed by atoms with Gasteiger partial charge in [-0.15, -0.1) is 0 Å². The van der Waals surface area contributed by atoms with Crippen LogP contribution in [0.4, 0.5) is 0 Å². The van der Waals surface area contributed by atoms with Crippen molar-refractivity contribution in [2.45, 2.75) is 52.8 Å². The van der Waals surface area contributed by atoms with Crippen molar-refractivity contribution in [2.24, 2.45) is 3.96 Å². The Hall–Kier alpha value is 0.976. The molecule has 0 rings (SSSR count). The molecule has 0 atom stereocenters. The van der Waals surface area contributed by atoms with E-state index in [1.54, 1.807) is 0 Å². The second-order valence-corrected chi connectivity index (χ2v) is 26.3. The molecule has 0 heterocycles. The van der Waals surface area contributed by atoms with Crippen LogP contribution >= 0.6 is 0 Å². The molecular formula is C9H25NSiSn. The topological polar surface area (TPSA) is 26.0 Å². The first kappa shape index (κ1) is 13.0. The van der Waals surface area contributed by atoms with Gasteiger partial charge in [-0.1, -0.05) is 0 Å². The SMILES string of the molecule is CC(C)(C)[Si](C)(C)[CH2][Sn]([CH3])([CH3])[NH2]. The van der Waals surface area contributed by atoms with Gasteiger partial charge in [0.2, 0.25) is 0 Å². The molecule has 74 valence electrons. The molecule has 0 radical (unpaired) electrons. The van der Waals surface area contributed by atoms with Gasteiger partial charge in [0.25, 0.3) is 0 Å². The average Bonchev–Trinajstić information content (AvgIpc) is 1.52. The molecule has 0 aromatic carbocycles. The maximum absolute atomic E-state index is 6.26. The summed E-state index contributed by atoms with van der Waals surface area (Å²) in [5.74, 6) is 0. The third-order valence-corrected chi connectivity index (χ3v) is 24.2. The fraction of sp³-hybridized carbons (Fsp3) is 1.00. The van der Waals surface area contributed by atoms with Crippen LogP contribution in [-0.4, -0.2) is 26.7 Å². The fourth-order valence-electron chi connectivity index (χ4n) is 1.40. The predicted molar refractivity (Wildman–Crippen MR) is 63.7 cm³/mol. The molecule has 0 spiro atoms. The molecule has 1 nitrogen and oxygen atoms in total. The van der Waals surface area contributed by atoms with Gasteiger partial charge in [0, 0.05) is 0 Å². The quantitative estimate of drug-likeness (QED) is 0.778. The molecule has 0 bridgehead atoms. The monoisotopic (exact) mass is 295 g/mol. The third-order valence-electron chi connectivity index (χ3n) is 2.93. The Balaban J connectivity index is 4.44. The summed E-state index contributed by atoms with van der Waals surface area (Å²) in [6, 6.07) is 0. The standard InChI is InChI=1S/C7H17Si.2CH3.H2N.Sn/c1-7(2,3)8(4,5)6;;;;/h4H2,1-3,5-6H3;2*1H3;1H2;/q;;;-1;+1. The Bertz CT molecular complexity index is 153. The van der Waals surface area contributed by atoms with Crippen molar-refractivity contribution in [3.05, 3.63) is 0 Å². The number of hydrogen-bond donors (Lipinski definition) is 1. The van der Waals surface area contributed by atoms with Gasteiger partial charge in [-0.25, -0.2) is 0 Å². The average molecular weight is 294 g/mol. The molecular weight excluding hydrogens is 269 g/mol. The van der Waals surface area contributed by atoms with Crippen LogP contribution in [0.2, 0.25) is 32.1 Å². The second kappa shape index (κ2) is 3.62. The minimum atomic E-state index is -2.03. The Labute approximate surface area is 83.4 Å². The molecule has 0 amide bonds. The number of nitrogens with two attached hydrogens (primary N) is 1. The van der Waals surface area contributed by atoms with Crippen molar-refractivity contribution < 1.29 is 0 Å². The summed E-state index contributed by atoms with van der Waals surface area (Å²) in [5, 5.41) is 0.514. The third kappa shape index (κ3) is 4.28. The Kier molecular flexibility index (Phi) is 3.91. The van der Waals surface area contributed by atoms with Crippen LogP contribution in [0.25, 0.3) is 0 Å². The van der Waals surface area contributed by atoms with E-state index in [1.165, 1.54) is 4.06 Å². The first-order valence-corrected chi connectivity index (χ1v) is 17.3. The van der Waals surface area contributed by atoms with Gasteiger partial charge in [-0.2, -0.15) is 0 Å². The molecule has 0 aliphatic carbocycles. The van der Waals surface area contributed by atoms with Crippen LogP contribution in [0.3, 0.4) is 0 Å². The minimum absolute atomic E-state index is 0.514. The van der Waals surface area contributed by atoms with Crippen molar-refractivity contribution in [3.63, 3.8) is 0 Å². The molecule has 0 aliphatic heterocycles. The van der Waals surface area contributed by atoms with Crippen molar-refractivity contribution in [1.29, 1.82) is 0 Å². The Morgan fingerprint density at radius 3 is 1.58 bits per heavy atom. The van der Waals surface area contributed by atoms with E-state index < -0.39 is 26.7 Å². The van der Waals surface area contributed by atoms with Gasteiger partial charge in [0.05, 0.1) is 0 Å². The molecule has 0 fully saturated rings. The first-order valence-electron chi connectivity index (χ1n) is 4.75. The zero-order valence-corrected chi connectivity index (χ0v) is 13.6. The summed E-state index contributed by atoms with van der Waals surface area (Å²) < 4.78 is 7.67. The van der Waals surface area contributed by atoms with Crippen molar-refractivity contribution >= 4 is 26.7 Å². The summed E-state index contributed by atoms with van der Waals surface area (Å²) in [5.41, 5.74) is 0. The molecule has 0 aromatic heterocycles. The fourth-order valence-corrected chi connectivity index (χ4v) is 28.3. The molecule has 12 heavy (non-hydrogen) atoms. The summed E-state index contributed by atoms with van der Waals surface area (Å²) >= 11 is -2.03. The van der Waals surface area contributed by atoms with Crippen LogP contribution in [0.15, 0.2) is 0 Å². The van der Waals surface area contributed by atoms with Crippen LogP contribution in [-0.2, 0) is 0 Å². The Morgan fingerprint density at radius 1 is 1.17 bits per heavy atom. The molecule has 3 heteroatoms. The van der Waals surface area contributed by atoms with Gasteiger partial charge >= 0.3 is 83.5 Å². The second-order valence-electron chi connectivity index (χ2n) is 6.30. The van der Waals surface area contributed by atoms with Crippen LogP contribution in [0.5, 0.6) is 0 Å². The normalized spacial score (nSPS) is 15.0.